The molecule has 3 nitrogen and oxygen atoms in total. The molecule has 3 rings (SSSR count). The minimum absolute atomic E-state index is 0.0916. The smallest absolute Gasteiger partial charge is 0.288 e. The molecule has 0 heterocycles. The van der Waals surface area contributed by atoms with Crippen LogP contribution in [0.25, 0.3) is 5.83 Å². The lowest BCUT2D eigenvalue weighted by Crippen LogP contribution is -2.40. The van der Waals surface area contributed by atoms with Gasteiger partial charge in [0.05, 0.1) is 31.9 Å². The predicted octanol–water partition coefficient (Wildman–Crippen LogP) is 9.10. The number of allylic oxidation sites excluding steroid dienone is 1. The number of para-hydroxylation sites is 1. The maximum Gasteiger partial charge on any atom is 0.417 e. The van der Waals surface area contributed by atoms with Gasteiger partial charge in [0, 0.05) is 12.6 Å². The summed E-state index contributed by atoms with van der Waals surface area (Å²) in [5.74, 6) is -5.40. The van der Waals surface area contributed by atoms with Gasteiger partial charge in [-0.3, -0.25) is 15.2 Å². The number of carbonyl (C=O) groups excluding carboxylic acids is 1. The molecule has 0 fully saturated rings. The minimum Gasteiger partial charge on any atom is -0.288 e. The zero-order valence-corrected chi connectivity index (χ0v) is 21.3. The number of halogens is 10. The van der Waals surface area contributed by atoms with Crippen LogP contribution in [0.1, 0.15) is 33.0 Å². The molecule has 13 heteroatoms. The van der Waals surface area contributed by atoms with E-state index in [1.54, 1.807) is 30.3 Å². The highest BCUT2D eigenvalue weighted by Crippen LogP contribution is 2.42. The lowest BCUT2D eigenvalue weighted by molar-refractivity contribution is -0.140. The van der Waals surface area contributed by atoms with E-state index in [-0.39, 0.29) is 27.2 Å². The molecule has 0 aromatic heterocycles. The predicted molar refractivity (Wildman–Crippen MR) is 133 cm³/mol. The molecule has 3 aromatic rings. The summed E-state index contributed by atoms with van der Waals surface area (Å²) < 4.78 is 97.7. The van der Waals surface area contributed by atoms with E-state index in [4.69, 9.17) is 34.8 Å². The minimum atomic E-state index is -5.13. The number of hydrogen-bond donors (Lipinski definition) is 1. The second kappa shape index (κ2) is 11.4. The van der Waals surface area contributed by atoms with E-state index in [9.17, 15) is 31.1 Å². The highest BCUT2D eigenvalue weighted by atomic mass is 35.5. The summed E-state index contributed by atoms with van der Waals surface area (Å²) in [5, 5.41) is 0.302. The molecule has 202 valence electrons. The van der Waals surface area contributed by atoms with Gasteiger partial charge in [0.2, 0.25) is 0 Å². The van der Waals surface area contributed by atoms with E-state index in [1.165, 1.54) is 12.1 Å². The molecule has 0 saturated heterocycles. The van der Waals surface area contributed by atoms with E-state index < -0.39 is 52.3 Å². The molecule has 1 atom stereocenters. The topological polar surface area (TPSA) is 32.3 Å². The Morgan fingerprint density at radius 3 is 2.03 bits per heavy atom. The van der Waals surface area contributed by atoms with Crippen molar-refractivity contribution < 1.29 is 35.5 Å². The average molecular weight is 600 g/mol. The van der Waals surface area contributed by atoms with Crippen LogP contribution in [0.15, 0.2) is 66.7 Å². The van der Waals surface area contributed by atoms with Crippen LogP contribution in [0.5, 0.6) is 0 Å². The van der Waals surface area contributed by atoms with Crippen molar-refractivity contribution >= 4 is 52.2 Å². The molecule has 0 aliphatic heterocycles. The molecule has 0 saturated carbocycles. The Hall–Kier alpha value is -2.95. The Morgan fingerprint density at radius 2 is 1.50 bits per heavy atom. The van der Waals surface area contributed by atoms with Crippen molar-refractivity contribution in [2.75, 3.05) is 12.1 Å². The number of hydrazine groups is 1. The van der Waals surface area contributed by atoms with Gasteiger partial charge in [-0.15, -0.1) is 0 Å². The third kappa shape index (κ3) is 6.92. The largest absolute Gasteiger partial charge is 0.417 e. The van der Waals surface area contributed by atoms with E-state index in [0.717, 1.165) is 18.2 Å². The number of carbonyl (C=O) groups is 1. The number of amides is 1. The molecule has 3 aromatic carbocycles. The van der Waals surface area contributed by atoms with Crippen molar-refractivity contribution in [3.8, 4) is 0 Å². The van der Waals surface area contributed by atoms with Crippen molar-refractivity contribution in [1.29, 1.82) is 0 Å². The molecule has 1 N–H and O–H groups in total. The van der Waals surface area contributed by atoms with Crippen molar-refractivity contribution in [2.24, 2.45) is 0 Å². The van der Waals surface area contributed by atoms with Gasteiger partial charge < -0.3 is 0 Å². The Kier molecular flexibility index (Phi) is 8.90. The maximum absolute atomic E-state index is 15.0. The van der Waals surface area contributed by atoms with Gasteiger partial charge in [0.25, 0.3) is 5.91 Å². The van der Waals surface area contributed by atoms with Crippen LogP contribution in [0, 0.1) is 0 Å². The van der Waals surface area contributed by atoms with Crippen LogP contribution >= 0.6 is 34.8 Å². The molecule has 0 spiro atoms. The zero-order valence-electron chi connectivity index (χ0n) is 19.1. The van der Waals surface area contributed by atoms with Crippen LogP contribution in [-0.4, -0.2) is 19.1 Å². The van der Waals surface area contributed by atoms with Gasteiger partial charge in [0.1, 0.15) is 11.7 Å². The highest BCUT2D eigenvalue weighted by Gasteiger charge is 2.41. The van der Waals surface area contributed by atoms with E-state index >= 15 is 4.39 Å². The molecule has 38 heavy (non-hydrogen) atoms. The Balaban J connectivity index is 2.01. The van der Waals surface area contributed by atoms with Crippen molar-refractivity contribution in [1.82, 2.24) is 5.43 Å². The summed E-state index contributed by atoms with van der Waals surface area (Å²) in [5.41, 5.74) is -1.09. The van der Waals surface area contributed by atoms with Crippen molar-refractivity contribution in [3.05, 3.63) is 104 Å². The van der Waals surface area contributed by atoms with Crippen molar-refractivity contribution in [2.45, 2.75) is 18.3 Å². The standard InChI is InChI=1S/C25H16Cl3F7N2O/c1-37(15-5-3-2-4-6-15)36-23(38)16-8-7-13(9-18(16)25(33,34)35)21(29)12-17(24(30,31)32)14-10-19(26)22(28)20(27)11-14/h2-12,17H,1H3,(H,36,38). The first kappa shape index (κ1) is 29.6. The summed E-state index contributed by atoms with van der Waals surface area (Å²) >= 11 is 17.4. The molecular formula is C25H16Cl3F7N2O. The van der Waals surface area contributed by atoms with Crippen LogP contribution in [-0.2, 0) is 6.18 Å². The molecule has 0 radical (unpaired) electrons. The first-order chi connectivity index (χ1) is 17.6. The second-order valence-electron chi connectivity index (χ2n) is 7.93. The molecule has 0 aliphatic rings. The van der Waals surface area contributed by atoms with Crippen LogP contribution in [0.2, 0.25) is 15.1 Å². The second-order valence-corrected chi connectivity index (χ2v) is 9.12. The number of nitrogens with one attached hydrogen (secondary N) is 1. The van der Waals surface area contributed by atoms with Gasteiger partial charge in [-0.2, -0.15) is 26.3 Å². The molecule has 0 bridgehead atoms. The highest BCUT2D eigenvalue weighted by molar-refractivity contribution is 6.48. The number of hydrogen-bond acceptors (Lipinski definition) is 2. The zero-order chi connectivity index (χ0) is 28.4. The summed E-state index contributed by atoms with van der Waals surface area (Å²) in [6.07, 6.45) is -10.1. The maximum atomic E-state index is 15.0. The van der Waals surface area contributed by atoms with E-state index in [0.29, 0.717) is 11.8 Å². The number of alkyl halides is 6. The van der Waals surface area contributed by atoms with Crippen LogP contribution < -0.4 is 10.4 Å². The summed E-state index contributed by atoms with van der Waals surface area (Å²) in [6, 6.07) is 11.5. The van der Waals surface area contributed by atoms with Crippen LogP contribution in [0.4, 0.5) is 36.4 Å². The third-order valence-electron chi connectivity index (χ3n) is 5.29. The van der Waals surface area contributed by atoms with Crippen LogP contribution in [0.3, 0.4) is 0 Å². The molecular weight excluding hydrogens is 584 g/mol. The lowest BCUT2D eigenvalue weighted by atomic mass is 9.95. The fourth-order valence-electron chi connectivity index (χ4n) is 3.43. The SMILES string of the molecule is CN(NC(=O)c1ccc(C(F)=CC(c2cc(Cl)c(Cl)c(Cl)c2)C(F)(F)F)cc1C(F)(F)F)c1ccccc1. The van der Waals surface area contributed by atoms with Gasteiger partial charge >= 0.3 is 12.4 Å². The summed E-state index contributed by atoms with van der Waals surface area (Å²) in [4.78, 5) is 12.6. The fourth-order valence-corrected chi connectivity index (χ4v) is 4.04. The Labute approximate surface area is 227 Å². The van der Waals surface area contributed by atoms with Gasteiger partial charge in [-0.05, 0) is 48.0 Å². The number of nitrogens with zero attached hydrogens (tertiary/aromatic N) is 1. The Bertz CT molecular complexity index is 1340. The van der Waals surface area contributed by atoms with Gasteiger partial charge in [-0.25, -0.2) is 4.39 Å². The molecule has 1 amide bonds. The number of anilines is 1. The fraction of sp³-hybridized carbons (Fsp3) is 0.160. The summed E-state index contributed by atoms with van der Waals surface area (Å²) in [6.45, 7) is 0. The number of benzene rings is 3. The quantitative estimate of drug-likeness (QED) is 0.174. The first-order valence-electron chi connectivity index (χ1n) is 10.5. The Morgan fingerprint density at radius 1 is 0.921 bits per heavy atom. The monoisotopic (exact) mass is 598 g/mol. The molecule has 0 aliphatic carbocycles. The summed E-state index contributed by atoms with van der Waals surface area (Å²) in [7, 11) is 1.39. The average Bonchev–Trinajstić information content (AvgIpc) is 2.84. The van der Waals surface area contributed by atoms with Gasteiger partial charge in [-0.1, -0.05) is 59.1 Å². The van der Waals surface area contributed by atoms with E-state index in [2.05, 4.69) is 5.43 Å². The first-order valence-corrected chi connectivity index (χ1v) is 11.6. The third-order valence-corrected chi connectivity index (χ3v) is 6.49. The van der Waals surface area contributed by atoms with Gasteiger partial charge in [0.15, 0.2) is 0 Å². The number of rotatable bonds is 6. The van der Waals surface area contributed by atoms with E-state index in [1.807, 2.05) is 0 Å². The van der Waals surface area contributed by atoms with Crippen molar-refractivity contribution in [3.63, 3.8) is 0 Å². The normalized spacial score (nSPS) is 13.3. The molecule has 1 unspecified atom stereocenters. The lowest BCUT2D eigenvalue weighted by Gasteiger charge is -2.22.